The predicted octanol–water partition coefficient (Wildman–Crippen LogP) is 3.22. The molecule has 0 radical (unpaired) electrons. The van der Waals surface area contributed by atoms with Crippen molar-refractivity contribution in [1.29, 1.82) is 0 Å². The summed E-state index contributed by atoms with van der Waals surface area (Å²) in [5.41, 5.74) is 1.05. The summed E-state index contributed by atoms with van der Waals surface area (Å²) < 4.78 is 0. The molecule has 3 nitrogen and oxygen atoms in total. The summed E-state index contributed by atoms with van der Waals surface area (Å²) in [6.07, 6.45) is 6.69. The molecule has 0 saturated carbocycles. The monoisotopic (exact) mass is 265 g/mol. The summed E-state index contributed by atoms with van der Waals surface area (Å²) in [6.45, 7) is 4.36. The molecule has 1 aliphatic heterocycles. The van der Waals surface area contributed by atoms with E-state index in [1.807, 2.05) is 11.4 Å². The van der Waals surface area contributed by atoms with Crippen molar-refractivity contribution >= 4 is 23.4 Å². The number of hydrogen-bond acceptors (Lipinski definition) is 3. The van der Waals surface area contributed by atoms with Gasteiger partial charge in [-0.2, -0.15) is 0 Å². The number of hydrogen-bond donors (Lipinski definition) is 1. The zero-order valence-corrected chi connectivity index (χ0v) is 11.4. The average Bonchev–Trinajstić information content (AvgIpc) is 2.96. The number of likely N-dealkylation sites (tertiary alicyclic amines) is 1. The second kappa shape index (κ2) is 6.16. The molecule has 0 aliphatic carbocycles. The van der Waals surface area contributed by atoms with E-state index in [1.54, 1.807) is 17.4 Å². The molecule has 1 atom stereocenters. The summed E-state index contributed by atoms with van der Waals surface area (Å²) in [7, 11) is 0. The quantitative estimate of drug-likeness (QED) is 0.831. The van der Waals surface area contributed by atoms with Crippen LogP contribution in [0.15, 0.2) is 17.5 Å². The van der Waals surface area contributed by atoms with E-state index >= 15 is 0 Å². The van der Waals surface area contributed by atoms with Gasteiger partial charge in [0.25, 0.3) is 0 Å². The van der Waals surface area contributed by atoms with Crippen LogP contribution in [0.25, 0.3) is 6.08 Å². The minimum atomic E-state index is -0.889. The lowest BCUT2D eigenvalue weighted by Crippen LogP contribution is -2.28. The van der Waals surface area contributed by atoms with Gasteiger partial charge in [-0.25, -0.2) is 4.79 Å². The molecule has 18 heavy (non-hydrogen) atoms. The van der Waals surface area contributed by atoms with Crippen LogP contribution in [0.2, 0.25) is 0 Å². The Hall–Kier alpha value is -1.13. The van der Waals surface area contributed by atoms with E-state index in [9.17, 15) is 4.79 Å². The third-order valence-corrected chi connectivity index (χ3v) is 4.42. The maximum Gasteiger partial charge on any atom is 0.328 e. The fraction of sp³-hybridized carbons (Fsp3) is 0.500. The van der Waals surface area contributed by atoms with Gasteiger partial charge in [-0.15, -0.1) is 11.3 Å². The molecule has 1 aliphatic rings. The predicted molar refractivity (Wildman–Crippen MR) is 74.7 cm³/mol. The van der Waals surface area contributed by atoms with Gasteiger partial charge < -0.3 is 5.11 Å². The highest BCUT2D eigenvalue weighted by molar-refractivity contribution is 7.10. The fourth-order valence-corrected chi connectivity index (χ4v) is 3.43. The molecule has 2 heterocycles. The molecule has 1 aromatic rings. The maximum atomic E-state index is 10.6. The molecular weight excluding hydrogens is 246 g/mol. The molecule has 0 spiro atoms. The summed E-state index contributed by atoms with van der Waals surface area (Å²) in [4.78, 5) is 14.3. The smallest absolute Gasteiger partial charge is 0.328 e. The average molecular weight is 265 g/mol. The SMILES string of the molecule is CCC1CCCN1Cc1sccc1C=CC(=O)O. The number of carboxylic acids is 1. The Balaban J connectivity index is 2.05. The number of carboxylic acid groups (broad SMARTS) is 1. The highest BCUT2D eigenvalue weighted by Gasteiger charge is 2.23. The Morgan fingerprint density at radius 3 is 3.22 bits per heavy atom. The minimum absolute atomic E-state index is 0.698. The summed E-state index contributed by atoms with van der Waals surface area (Å²) in [6, 6.07) is 2.69. The van der Waals surface area contributed by atoms with Crippen LogP contribution in [0.3, 0.4) is 0 Å². The van der Waals surface area contributed by atoms with Crippen LogP contribution in [0, 0.1) is 0 Å². The lowest BCUT2D eigenvalue weighted by molar-refractivity contribution is -0.131. The number of carbonyl (C=O) groups is 1. The largest absolute Gasteiger partial charge is 0.478 e. The van der Waals surface area contributed by atoms with Crippen molar-refractivity contribution in [2.45, 2.75) is 38.8 Å². The van der Waals surface area contributed by atoms with Crippen LogP contribution in [-0.2, 0) is 11.3 Å². The molecule has 0 bridgehead atoms. The molecule has 1 unspecified atom stereocenters. The van der Waals surface area contributed by atoms with E-state index in [-0.39, 0.29) is 0 Å². The maximum absolute atomic E-state index is 10.6. The molecule has 4 heteroatoms. The van der Waals surface area contributed by atoms with E-state index in [0.29, 0.717) is 6.04 Å². The van der Waals surface area contributed by atoms with Gasteiger partial charge >= 0.3 is 5.97 Å². The summed E-state index contributed by atoms with van der Waals surface area (Å²) in [5, 5.41) is 10.7. The van der Waals surface area contributed by atoms with Crippen LogP contribution in [0.4, 0.5) is 0 Å². The number of aliphatic carboxylic acids is 1. The molecule has 0 amide bonds. The molecule has 1 saturated heterocycles. The van der Waals surface area contributed by atoms with E-state index in [2.05, 4.69) is 11.8 Å². The van der Waals surface area contributed by atoms with Crippen LogP contribution in [0.5, 0.6) is 0 Å². The summed E-state index contributed by atoms with van der Waals surface area (Å²) >= 11 is 1.71. The van der Waals surface area contributed by atoms with Crippen LogP contribution in [0.1, 0.15) is 36.6 Å². The normalized spacial score (nSPS) is 20.8. The molecule has 2 rings (SSSR count). The van der Waals surface area contributed by atoms with E-state index in [4.69, 9.17) is 5.11 Å². The first-order valence-electron chi connectivity index (χ1n) is 6.42. The Morgan fingerprint density at radius 1 is 1.67 bits per heavy atom. The second-order valence-corrected chi connectivity index (χ2v) is 5.65. The first-order chi connectivity index (χ1) is 8.70. The lowest BCUT2D eigenvalue weighted by Gasteiger charge is -2.22. The van der Waals surface area contributed by atoms with Crippen molar-refractivity contribution in [3.05, 3.63) is 28.0 Å². The van der Waals surface area contributed by atoms with Crippen LogP contribution < -0.4 is 0 Å². The van der Waals surface area contributed by atoms with Gasteiger partial charge in [-0.1, -0.05) is 6.92 Å². The van der Waals surface area contributed by atoms with Crippen molar-refractivity contribution in [2.24, 2.45) is 0 Å². The fourth-order valence-electron chi connectivity index (χ4n) is 2.54. The zero-order valence-electron chi connectivity index (χ0n) is 10.6. The first-order valence-corrected chi connectivity index (χ1v) is 7.30. The Kier molecular flexibility index (Phi) is 4.55. The van der Waals surface area contributed by atoms with E-state index in [1.165, 1.54) is 36.8 Å². The van der Waals surface area contributed by atoms with Crippen molar-refractivity contribution < 1.29 is 9.90 Å². The van der Waals surface area contributed by atoms with Crippen molar-refractivity contribution in [3.63, 3.8) is 0 Å². The van der Waals surface area contributed by atoms with Crippen molar-refractivity contribution in [2.75, 3.05) is 6.54 Å². The van der Waals surface area contributed by atoms with Crippen molar-refractivity contribution in [1.82, 2.24) is 4.90 Å². The van der Waals surface area contributed by atoms with Gasteiger partial charge in [0.1, 0.15) is 0 Å². The topological polar surface area (TPSA) is 40.5 Å². The summed E-state index contributed by atoms with van der Waals surface area (Å²) in [5.74, 6) is -0.889. The Labute approximate surface area is 112 Å². The molecule has 0 aromatic carbocycles. The Bertz CT molecular complexity index is 439. The van der Waals surface area contributed by atoms with Crippen LogP contribution >= 0.6 is 11.3 Å². The second-order valence-electron chi connectivity index (χ2n) is 4.65. The van der Waals surface area contributed by atoms with Gasteiger partial charge in [0.05, 0.1) is 0 Å². The number of rotatable bonds is 5. The molecule has 1 N–H and O–H groups in total. The third-order valence-electron chi connectivity index (χ3n) is 3.50. The molecular formula is C14H19NO2S. The lowest BCUT2D eigenvalue weighted by atomic mass is 10.1. The van der Waals surface area contributed by atoms with Gasteiger partial charge in [-0.05, 0) is 48.9 Å². The standard InChI is InChI=1S/C14H19NO2S/c1-2-12-4-3-8-15(12)10-13-11(7-9-18-13)5-6-14(16)17/h5-7,9,12H,2-4,8,10H2,1H3,(H,16,17). The number of nitrogens with zero attached hydrogens (tertiary/aromatic N) is 1. The first kappa shape index (κ1) is 13.3. The zero-order chi connectivity index (χ0) is 13.0. The van der Waals surface area contributed by atoms with Gasteiger partial charge in [0.2, 0.25) is 0 Å². The highest BCUT2D eigenvalue weighted by Crippen LogP contribution is 2.26. The minimum Gasteiger partial charge on any atom is -0.478 e. The molecule has 98 valence electrons. The van der Waals surface area contributed by atoms with E-state index < -0.39 is 5.97 Å². The van der Waals surface area contributed by atoms with Crippen LogP contribution in [-0.4, -0.2) is 28.6 Å². The van der Waals surface area contributed by atoms with Gasteiger partial charge in [0.15, 0.2) is 0 Å². The Morgan fingerprint density at radius 2 is 2.50 bits per heavy atom. The molecule has 1 aromatic heterocycles. The van der Waals surface area contributed by atoms with Gasteiger partial charge in [-0.3, -0.25) is 4.90 Å². The van der Waals surface area contributed by atoms with Crippen molar-refractivity contribution in [3.8, 4) is 0 Å². The third kappa shape index (κ3) is 3.21. The number of thiophene rings is 1. The molecule has 1 fully saturated rings. The van der Waals surface area contributed by atoms with Gasteiger partial charge in [0, 0.05) is 23.5 Å². The highest BCUT2D eigenvalue weighted by atomic mass is 32.1. The van der Waals surface area contributed by atoms with E-state index in [0.717, 1.165) is 12.1 Å².